The van der Waals surface area contributed by atoms with E-state index >= 15 is 0 Å². The minimum Gasteiger partial charge on any atom is -0.324 e. The highest BCUT2D eigenvalue weighted by Gasteiger charge is 2.70. The summed E-state index contributed by atoms with van der Waals surface area (Å²) >= 11 is 0. The molecule has 35 heavy (non-hydrogen) atoms. The number of fused-ring (bicyclic) bond motifs is 4. The third kappa shape index (κ3) is 3.24. The average Bonchev–Trinajstić information content (AvgIpc) is 3.45. The van der Waals surface area contributed by atoms with Gasteiger partial charge >= 0.3 is 0 Å². The van der Waals surface area contributed by atoms with Crippen LogP contribution in [0.2, 0.25) is 0 Å². The molecule has 1 spiro atoms. The zero-order valence-corrected chi connectivity index (χ0v) is 19.5. The van der Waals surface area contributed by atoms with Gasteiger partial charge in [0.2, 0.25) is 17.7 Å². The number of benzene rings is 3. The highest BCUT2D eigenvalue weighted by atomic mass is 16.2. The molecule has 3 aliphatic rings. The van der Waals surface area contributed by atoms with Gasteiger partial charge in [0.25, 0.3) is 0 Å². The first-order valence-electron chi connectivity index (χ1n) is 12.1. The first-order valence-corrected chi connectivity index (χ1v) is 12.1. The molecule has 3 amide bonds. The normalized spacial score (nSPS) is 26.8. The third-order valence-electron chi connectivity index (χ3n) is 7.82. The molecule has 3 heterocycles. The van der Waals surface area contributed by atoms with Crippen molar-refractivity contribution in [2.75, 3.05) is 11.9 Å². The summed E-state index contributed by atoms with van der Waals surface area (Å²) in [4.78, 5) is 42.7. The Balaban J connectivity index is 1.41. The molecule has 0 bridgehead atoms. The smallest absolute Gasteiger partial charge is 0.250 e. The first kappa shape index (κ1) is 21.7. The fraction of sp³-hybridized carbons (Fsp3) is 0.276. The Hall–Kier alpha value is -3.77. The van der Waals surface area contributed by atoms with E-state index in [4.69, 9.17) is 0 Å². The number of likely N-dealkylation sites (tertiary alicyclic amines) is 1. The van der Waals surface area contributed by atoms with Gasteiger partial charge in [-0.05, 0) is 36.5 Å². The molecule has 0 radical (unpaired) electrons. The maximum absolute atomic E-state index is 13.9. The van der Waals surface area contributed by atoms with E-state index in [0.29, 0.717) is 19.4 Å². The van der Waals surface area contributed by atoms with Gasteiger partial charge < -0.3 is 5.32 Å². The maximum atomic E-state index is 13.9. The Labute approximate surface area is 204 Å². The number of rotatable bonds is 5. The van der Waals surface area contributed by atoms with Crippen LogP contribution >= 0.6 is 0 Å². The van der Waals surface area contributed by atoms with Crippen LogP contribution in [0.3, 0.4) is 0 Å². The summed E-state index contributed by atoms with van der Waals surface area (Å²) in [6.45, 7) is 2.25. The van der Waals surface area contributed by atoms with Crippen LogP contribution in [-0.4, -0.2) is 35.2 Å². The van der Waals surface area contributed by atoms with E-state index in [1.807, 2.05) is 85.8 Å². The molecule has 6 heteroatoms. The Kier molecular flexibility index (Phi) is 5.07. The lowest BCUT2D eigenvalue weighted by atomic mass is 9.76. The van der Waals surface area contributed by atoms with Crippen molar-refractivity contribution < 1.29 is 14.4 Å². The van der Waals surface area contributed by atoms with Gasteiger partial charge in [-0.1, -0.05) is 78.9 Å². The Bertz CT molecular complexity index is 1320. The third-order valence-corrected chi connectivity index (χ3v) is 7.82. The maximum Gasteiger partial charge on any atom is 0.250 e. The van der Waals surface area contributed by atoms with E-state index in [1.54, 1.807) is 0 Å². The standard InChI is InChI=1S/C29H27N3O3/c1-18-9-8-14-21-25(18)30-28(35)29(21)24-23(22(31-29)17-20-12-6-3-7-13-20)26(33)32(27(24)34)16-15-19-10-4-2-5-11-19/h2-14,22-24,31H,15-17H2,1H3,(H,30,35)/t22-,23-,24-,29+/m1/s1. The summed E-state index contributed by atoms with van der Waals surface area (Å²) < 4.78 is 0. The molecule has 3 aliphatic heterocycles. The highest BCUT2D eigenvalue weighted by Crippen LogP contribution is 2.53. The van der Waals surface area contributed by atoms with Crippen LogP contribution in [0, 0.1) is 18.8 Å². The molecule has 4 atom stereocenters. The molecular weight excluding hydrogens is 438 g/mol. The Morgan fingerprint density at radius 2 is 1.51 bits per heavy atom. The summed E-state index contributed by atoms with van der Waals surface area (Å²) in [5.74, 6) is -2.07. The minimum atomic E-state index is -1.25. The summed E-state index contributed by atoms with van der Waals surface area (Å²) in [7, 11) is 0. The number of para-hydroxylation sites is 1. The number of aryl methyl sites for hydroxylation is 1. The van der Waals surface area contributed by atoms with Gasteiger partial charge in [-0.2, -0.15) is 0 Å². The number of carbonyl (C=O) groups is 3. The number of carbonyl (C=O) groups excluding carboxylic acids is 3. The fourth-order valence-corrected chi connectivity index (χ4v) is 6.18. The molecule has 3 aromatic rings. The molecule has 0 unspecified atom stereocenters. The lowest BCUT2D eigenvalue weighted by molar-refractivity contribution is -0.142. The molecule has 176 valence electrons. The van der Waals surface area contributed by atoms with Gasteiger partial charge in [0, 0.05) is 23.8 Å². The summed E-state index contributed by atoms with van der Waals surface area (Å²) in [6.07, 6.45) is 1.15. The van der Waals surface area contributed by atoms with Gasteiger partial charge in [-0.25, -0.2) is 0 Å². The van der Waals surface area contributed by atoms with Crippen LogP contribution in [0.15, 0.2) is 78.9 Å². The average molecular weight is 466 g/mol. The molecule has 2 saturated heterocycles. The van der Waals surface area contributed by atoms with Gasteiger partial charge in [0.05, 0.1) is 11.8 Å². The monoisotopic (exact) mass is 465 g/mol. The lowest BCUT2D eigenvalue weighted by Gasteiger charge is -2.29. The van der Waals surface area contributed by atoms with Crippen LogP contribution in [0.5, 0.6) is 0 Å². The second-order valence-corrected chi connectivity index (χ2v) is 9.77. The van der Waals surface area contributed by atoms with E-state index in [-0.39, 0.29) is 23.8 Å². The van der Waals surface area contributed by atoms with E-state index in [1.165, 1.54) is 4.90 Å². The number of amides is 3. The summed E-state index contributed by atoms with van der Waals surface area (Å²) in [5, 5.41) is 6.54. The number of anilines is 1. The molecule has 0 aliphatic carbocycles. The van der Waals surface area contributed by atoms with Crippen molar-refractivity contribution in [1.82, 2.24) is 10.2 Å². The van der Waals surface area contributed by atoms with Gasteiger partial charge in [-0.15, -0.1) is 0 Å². The van der Waals surface area contributed by atoms with Crippen LogP contribution < -0.4 is 10.6 Å². The van der Waals surface area contributed by atoms with Gasteiger partial charge in [0.15, 0.2) is 0 Å². The van der Waals surface area contributed by atoms with Crippen molar-refractivity contribution in [1.29, 1.82) is 0 Å². The largest absolute Gasteiger partial charge is 0.324 e. The molecule has 0 aromatic heterocycles. The van der Waals surface area contributed by atoms with E-state index in [9.17, 15) is 14.4 Å². The minimum absolute atomic E-state index is 0.185. The van der Waals surface area contributed by atoms with Crippen LogP contribution in [0.1, 0.15) is 22.3 Å². The van der Waals surface area contributed by atoms with Crippen LogP contribution in [0.4, 0.5) is 5.69 Å². The van der Waals surface area contributed by atoms with Crippen molar-refractivity contribution in [3.63, 3.8) is 0 Å². The van der Waals surface area contributed by atoms with Gasteiger partial charge in [0.1, 0.15) is 5.54 Å². The Morgan fingerprint density at radius 1 is 0.829 bits per heavy atom. The summed E-state index contributed by atoms with van der Waals surface area (Å²) in [6, 6.07) is 25.2. The quantitative estimate of drug-likeness (QED) is 0.568. The first-order chi connectivity index (χ1) is 17.0. The predicted molar refractivity (Wildman–Crippen MR) is 132 cm³/mol. The van der Waals surface area contributed by atoms with Crippen molar-refractivity contribution >= 4 is 23.4 Å². The number of nitrogens with zero attached hydrogens (tertiary/aromatic N) is 1. The number of hydrogen-bond acceptors (Lipinski definition) is 4. The zero-order chi connectivity index (χ0) is 24.2. The van der Waals surface area contributed by atoms with Crippen LogP contribution in [0.25, 0.3) is 0 Å². The topological polar surface area (TPSA) is 78.5 Å². The zero-order valence-electron chi connectivity index (χ0n) is 19.5. The summed E-state index contributed by atoms with van der Waals surface area (Å²) in [5.41, 5.74) is 3.33. The number of nitrogens with one attached hydrogen (secondary N) is 2. The van der Waals surface area contributed by atoms with Crippen molar-refractivity contribution in [3.8, 4) is 0 Å². The van der Waals surface area contributed by atoms with Crippen molar-refractivity contribution in [3.05, 3.63) is 101 Å². The molecule has 6 rings (SSSR count). The van der Waals surface area contributed by atoms with Crippen molar-refractivity contribution in [2.45, 2.75) is 31.3 Å². The lowest BCUT2D eigenvalue weighted by Crippen LogP contribution is -2.53. The number of imide groups is 1. The van der Waals surface area contributed by atoms with Crippen molar-refractivity contribution in [2.24, 2.45) is 11.8 Å². The fourth-order valence-electron chi connectivity index (χ4n) is 6.18. The molecule has 6 nitrogen and oxygen atoms in total. The second-order valence-electron chi connectivity index (χ2n) is 9.77. The molecule has 2 N–H and O–H groups in total. The number of hydrogen-bond donors (Lipinski definition) is 2. The predicted octanol–water partition coefficient (Wildman–Crippen LogP) is 3.20. The van der Waals surface area contributed by atoms with Crippen LogP contribution in [-0.2, 0) is 32.8 Å². The second kappa shape index (κ2) is 8.17. The molecule has 2 fully saturated rings. The SMILES string of the molecule is Cc1cccc2c1NC(=O)[C@]21N[C@H](Cc2ccccc2)[C@H]2C(=O)N(CCc3ccccc3)C(=O)[C@@H]21. The van der Waals surface area contributed by atoms with E-state index < -0.39 is 17.4 Å². The van der Waals surface area contributed by atoms with E-state index in [2.05, 4.69) is 10.6 Å². The Morgan fingerprint density at radius 3 is 2.23 bits per heavy atom. The highest BCUT2D eigenvalue weighted by molar-refractivity contribution is 6.15. The molecular formula is C29H27N3O3. The van der Waals surface area contributed by atoms with Gasteiger partial charge in [-0.3, -0.25) is 24.6 Å². The molecule has 3 aromatic carbocycles. The van der Waals surface area contributed by atoms with E-state index in [0.717, 1.165) is 27.9 Å². The molecule has 0 saturated carbocycles.